The summed E-state index contributed by atoms with van der Waals surface area (Å²) in [6.45, 7) is 6.30. The number of likely N-dealkylation sites (N-methyl/N-ethyl adjacent to an activating group) is 1. The smallest absolute Gasteiger partial charge is 0.239 e. The Labute approximate surface area is 111 Å². The van der Waals surface area contributed by atoms with Crippen LogP contribution in [0.2, 0.25) is 0 Å². The van der Waals surface area contributed by atoms with Crippen molar-refractivity contribution in [1.82, 2.24) is 10.6 Å². The first kappa shape index (κ1) is 14.2. The number of carbonyl (C=O) groups is 1. The normalized spacial score (nSPS) is 11.4. The van der Waals surface area contributed by atoms with Crippen LogP contribution in [0.5, 0.6) is 0 Å². The summed E-state index contributed by atoms with van der Waals surface area (Å²) in [5.74, 6) is -0.000578. The molecule has 1 amide bonds. The first-order valence-electron chi connectivity index (χ1n) is 5.59. The van der Waals surface area contributed by atoms with Gasteiger partial charge in [-0.2, -0.15) is 0 Å². The molecule has 17 heavy (non-hydrogen) atoms. The summed E-state index contributed by atoms with van der Waals surface area (Å²) in [6.07, 6.45) is 0. The topological polar surface area (TPSA) is 41.1 Å². The van der Waals surface area contributed by atoms with Crippen LogP contribution in [0.1, 0.15) is 25.0 Å². The van der Waals surface area contributed by atoms with Gasteiger partial charge in [0.2, 0.25) is 5.91 Å². The van der Waals surface area contributed by atoms with Crippen LogP contribution in [0.25, 0.3) is 0 Å². The molecule has 0 radical (unpaired) electrons. The van der Waals surface area contributed by atoms with Crippen LogP contribution < -0.4 is 10.6 Å². The van der Waals surface area contributed by atoms with E-state index in [9.17, 15) is 4.79 Å². The third-order valence-corrected chi connectivity index (χ3v) is 3.44. The van der Waals surface area contributed by atoms with E-state index >= 15 is 0 Å². The van der Waals surface area contributed by atoms with Crippen LogP contribution in [-0.2, 0) is 11.3 Å². The Balaban J connectivity index is 2.68. The van der Waals surface area contributed by atoms with Gasteiger partial charge in [-0.05, 0) is 51.1 Å². The molecule has 0 spiro atoms. The molecule has 0 heterocycles. The summed E-state index contributed by atoms with van der Waals surface area (Å²) in [4.78, 5) is 11.9. The summed E-state index contributed by atoms with van der Waals surface area (Å²) >= 11 is 3.43. The van der Waals surface area contributed by atoms with E-state index in [0.29, 0.717) is 6.54 Å². The van der Waals surface area contributed by atoms with Crippen molar-refractivity contribution < 1.29 is 4.79 Å². The Morgan fingerprint density at radius 3 is 2.65 bits per heavy atom. The molecule has 0 saturated heterocycles. The number of aryl methyl sites for hydroxylation is 1. The van der Waals surface area contributed by atoms with Gasteiger partial charge in [-0.3, -0.25) is 4.79 Å². The maximum Gasteiger partial charge on any atom is 0.239 e. The van der Waals surface area contributed by atoms with Gasteiger partial charge < -0.3 is 10.6 Å². The second-order valence-corrected chi connectivity index (χ2v) is 5.54. The van der Waals surface area contributed by atoms with E-state index in [1.807, 2.05) is 39.0 Å². The van der Waals surface area contributed by atoms with Crippen molar-refractivity contribution in [1.29, 1.82) is 0 Å². The zero-order valence-electron chi connectivity index (χ0n) is 10.7. The summed E-state index contributed by atoms with van der Waals surface area (Å²) < 4.78 is 1.03. The van der Waals surface area contributed by atoms with Crippen molar-refractivity contribution in [2.45, 2.75) is 32.9 Å². The summed E-state index contributed by atoms with van der Waals surface area (Å²) in [7, 11) is 1.78. The van der Waals surface area contributed by atoms with Gasteiger partial charge in [-0.15, -0.1) is 0 Å². The van der Waals surface area contributed by atoms with Crippen LogP contribution in [-0.4, -0.2) is 18.5 Å². The van der Waals surface area contributed by atoms with Crippen molar-refractivity contribution >= 4 is 21.8 Å². The lowest BCUT2D eigenvalue weighted by atomic mass is 10.0. The molecule has 0 atom stereocenters. The van der Waals surface area contributed by atoms with Crippen molar-refractivity contribution in [2.24, 2.45) is 0 Å². The molecule has 0 unspecified atom stereocenters. The minimum Gasteiger partial charge on any atom is -0.350 e. The minimum absolute atomic E-state index is 0.000578. The average molecular weight is 299 g/mol. The summed E-state index contributed by atoms with van der Waals surface area (Å²) in [5, 5.41) is 5.92. The molecule has 0 bridgehead atoms. The maximum absolute atomic E-state index is 11.9. The van der Waals surface area contributed by atoms with Crippen molar-refractivity contribution in [3.63, 3.8) is 0 Å². The van der Waals surface area contributed by atoms with Gasteiger partial charge in [-0.1, -0.05) is 22.0 Å². The molecule has 1 rings (SSSR count). The van der Waals surface area contributed by atoms with Gasteiger partial charge in [0, 0.05) is 11.0 Å². The van der Waals surface area contributed by atoms with Crippen LogP contribution in [0.4, 0.5) is 0 Å². The largest absolute Gasteiger partial charge is 0.350 e. The quantitative estimate of drug-likeness (QED) is 0.896. The third-order valence-electron chi connectivity index (χ3n) is 2.94. The van der Waals surface area contributed by atoms with Gasteiger partial charge in [-0.25, -0.2) is 0 Å². The van der Waals surface area contributed by atoms with E-state index in [0.717, 1.165) is 10.0 Å². The van der Waals surface area contributed by atoms with E-state index in [4.69, 9.17) is 0 Å². The molecule has 4 heteroatoms. The lowest BCUT2D eigenvalue weighted by molar-refractivity contribution is -0.126. The monoisotopic (exact) mass is 298 g/mol. The number of benzene rings is 1. The Bertz CT molecular complexity index is 416. The summed E-state index contributed by atoms with van der Waals surface area (Å²) in [5.41, 5.74) is 1.76. The predicted molar refractivity (Wildman–Crippen MR) is 73.9 cm³/mol. The minimum atomic E-state index is -0.542. The van der Waals surface area contributed by atoms with Crippen LogP contribution >= 0.6 is 15.9 Å². The molecule has 3 nitrogen and oxygen atoms in total. The molecule has 94 valence electrons. The first-order chi connectivity index (χ1) is 7.86. The first-order valence-corrected chi connectivity index (χ1v) is 6.38. The highest BCUT2D eigenvalue weighted by molar-refractivity contribution is 9.10. The number of rotatable bonds is 4. The standard InChI is InChI=1S/C13H19BrN2O/c1-9-5-6-11(14)7-10(9)8-16-12(17)13(2,3)15-4/h5-7,15H,8H2,1-4H3,(H,16,17). The highest BCUT2D eigenvalue weighted by Gasteiger charge is 2.24. The lowest BCUT2D eigenvalue weighted by Gasteiger charge is -2.23. The number of halogens is 1. The molecule has 0 fully saturated rings. The molecule has 0 aliphatic carbocycles. The van der Waals surface area contributed by atoms with Crippen molar-refractivity contribution in [3.8, 4) is 0 Å². The zero-order chi connectivity index (χ0) is 13.1. The predicted octanol–water partition coefficient (Wildman–Crippen LogP) is 2.37. The van der Waals surface area contributed by atoms with E-state index in [1.165, 1.54) is 5.56 Å². The fraction of sp³-hybridized carbons (Fsp3) is 0.462. The zero-order valence-corrected chi connectivity index (χ0v) is 12.3. The van der Waals surface area contributed by atoms with Crippen molar-refractivity contribution in [2.75, 3.05) is 7.05 Å². The Hall–Kier alpha value is -0.870. The maximum atomic E-state index is 11.9. The molecule has 0 saturated carbocycles. The van der Waals surface area contributed by atoms with Gasteiger partial charge in [0.15, 0.2) is 0 Å². The van der Waals surface area contributed by atoms with Crippen LogP contribution in [0, 0.1) is 6.92 Å². The van der Waals surface area contributed by atoms with E-state index in [2.05, 4.69) is 26.6 Å². The Morgan fingerprint density at radius 2 is 2.06 bits per heavy atom. The average Bonchev–Trinajstić information content (AvgIpc) is 2.29. The second kappa shape index (κ2) is 5.65. The number of hydrogen-bond acceptors (Lipinski definition) is 2. The van der Waals surface area contributed by atoms with Crippen molar-refractivity contribution in [3.05, 3.63) is 33.8 Å². The van der Waals surface area contributed by atoms with E-state index in [1.54, 1.807) is 7.05 Å². The molecule has 0 aliphatic heterocycles. The molecule has 1 aromatic rings. The molecule has 2 N–H and O–H groups in total. The highest BCUT2D eigenvalue weighted by atomic mass is 79.9. The molecule has 0 aliphatic rings. The third kappa shape index (κ3) is 3.82. The Morgan fingerprint density at radius 1 is 1.41 bits per heavy atom. The number of amides is 1. The van der Waals surface area contributed by atoms with Gasteiger partial charge in [0.1, 0.15) is 0 Å². The lowest BCUT2D eigenvalue weighted by Crippen LogP contribution is -2.50. The van der Waals surface area contributed by atoms with Gasteiger partial charge >= 0.3 is 0 Å². The number of hydrogen-bond donors (Lipinski definition) is 2. The Kier molecular flexibility index (Phi) is 4.71. The SMILES string of the molecule is CNC(C)(C)C(=O)NCc1cc(Br)ccc1C. The highest BCUT2D eigenvalue weighted by Crippen LogP contribution is 2.16. The number of nitrogens with one attached hydrogen (secondary N) is 2. The van der Waals surface area contributed by atoms with Gasteiger partial charge in [0.05, 0.1) is 5.54 Å². The summed E-state index contributed by atoms with van der Waals surface area (Å²) in [6, 6.07) is 6.06. The van der Waals surface area contributed by atoms with Crippen LogP contribution in [0.3, 0.4) is 0 Å². The van der Waals surface area contributed by atoms with Gasteiger partial charge in [0.25, 0.3) is 0 Å². The molecular formula is C13H19BrN2O. The fourth-order valence-electron chi connectivity index (χ4n) is 1.34. The molecular weight excluding hydrogens is 280 g/mol. The fourth-order valence-corrected chi connectivity index (χ4v) is 1.75. The second-order valence-electron chi connectivity index (χ2n) is 4.63. The van der Waals surface area contributed by atoms with E-state index < -0.39 is 5.54 Å². The number of carbonyl (C=O) groups excluding carboxylic acids is 1. The van der Waals surface area contributed by atoms with E-state index in [-0.39, 0.29) is 5.91 Å². The van der Waals surface area contributed by atoms with Crippen LogP contribution in [0.15, 0.2) is 22.7 Å². The molecule has 0 aromatic heterocycles. The molecule has 1 aromatic carbocycles.